The van der Waals surface area contributed by atoms with Gasteiger partial charge in [0.15, 0.2) is 0 Å². The molecule has 0 bridgehead atoms. The summed E-state index contributed by atoms with van der Waals surface area (Å²) < 4.78 is 0.860. The fraction of sp³-hybridized carbons (Fsp3) is 0.133. The van der Waals surface area contributed by atoms with E-state index in [1.165, 1.54) is 6.07 Å². The van der Waals surface area contributed by atoms with Crippen LogP contribution in [0.2, 0.25) is 0 Å². The number of hydrogen-bond donors (Lipinski definition) is 1. The number of anilines is 1. The molecular formula is C15H13BrN2O3. The first kappa shape index (κ1) is 15.2. The fourth-order valence-corrected chi connectivity index (χ4v) is 2.33. The second-order valence-corrected chi connectivity index (χ2v) is 5.50. The van der Waals surface area contributed by atoms with Crippen LogP contribution < -0.4 is 5.32 Å². The van der Waals surface area contributed by atoms with Gasteiger partial charge >= 0.3 is 0 Å². The number of para-hydroxylation sites is 1. The molecule has 0 saturated carbocycles. The summed E-state index contributed by atoms with van der Waals surface area (Å²) in [6.45, 7) is 3.54. The van der Waals surface area contributed by atoms with Gasteiger partial charge in [-0.25, -0.2) is 0 Å². The average Bonchev–Trinajstić information content (AvgIpc) is 2.42. The van der Waals surface area contributed by atoms with Gasteiger partial charge in [0, 0.05) is 15.7 Å². The van der Waals surface area contributed by atoms with Crippen LogP contribution in [-0.4, -0.2) is 10.8 Å². The number of amides is 1. The largest absolute Gasteiger partial charge is 0.322 e. The van der Waals surface area contributed by atoms with Crippen molar-refractivity contribution in [2.75, 3.05) is 5.32 Å². The number of rotatable bonds is 3. The predicted molar refractivity (Wildman–Crippen MR) is 84.7 cm³/mol. The Labute approximate surface area is 130 Å². The van der Waals surface area contributed by atoms with Crippen molar-refractivity contribution < 1.29 is 9.72 Å². The number of hydrogen-bond acceptors (Lipinski definition) is 3. The maximum absolute atomic E-state index is 12.3. The molecule has 2 aromatic rings. The normalized spacial score (nSPS) is 10.2. The Morgan fingerprint density at radius 3 is 2.52 bits per heavy atom. The van der Waals surface area contributed by atoms with Crippen LogP contribution in [0.5, 0.6) is 0 Å². The van der Waals surface area contributed by atoms with Crippen molar-refractivity contribution in [1.29, 1.82) is 0 Å². The molecule has 1 N–H and O–H groups in total. The van der Waals surface area contributed by atoms with E-state index in [9.17, 15) is 14.9 Å². The Hall–Kier alpha value is -2.21. The van der Waals surface area contributed by atoms with Crippen molar-refractivity contribution in [1.82, 2.24) is 0 Å². The number of nitrogens with zero attached hydrogens (tertiary/aromatic N) is 1. The maximum Gasteiger partial charge on any atom is 0.285 e. The van der Waals surface area contributed by atoms with E-state index in [0.29, 0.717) is 11.3 Å². The van der Waals surface area contributed by atoms with Crippen LogP contribution in [0, 0.1) is 24.0 Å². The first-order chi connectivity index (χ1) is 9.90. The van der Waals surface area contributed by atoms with Crippen molar-refractivity contribution >= 4 is 33.2 Å². The van der Waals surface area contributed by atoms with Crippen LogP contribution in [0.25, 0.3) is 0 Å². The van der Waals surface area contributed by atoms with Crippen molar-refractivity contribution in [3.05, 3.63) is 67.7 Å². The monoisotopic (exact) mass is 348 g/mol. The number of aryl methyl sites for hydroxylation is 2. The van der Waals surface area contributed by atoms with E-state index in [1.54, 1.807) is 31.2 Å². The van der Waals surface area contributed by atoms with Crippen molar-refractivity contribution in [2.24, 2.45) is 0 Å². The molecule has 0 unspecified atom stereocenters. The van der Waals surface area contributed by atoms with E-state index in [1.807, 2.05) is 13.0 Å². The summed E-state index contributed by atoms with van der Waals surface area (Å²) in [5, 5.41) is 13.8. The smallest absolute Gasteiger partial charge is 0.285 e. The lowest BCUT2D eigenvalue weighted by Gasteiger charge is -2.08. The van der Waals surface area contributed by atoms with E-state index in [0.717, 1.165) is 10.0 Å². The third-order valence-corrected chi connectivity index (χ3v) is 3.95. The van der Waals surface area contributed by atoms with Gasteiger partial charge in [0.2, 0.25) is 0 Å². The number of nitrogens with one attached hydrogen (secondary N) is 1. The van der Waals surface area contributed by atoms with Gasteiger partial charge in [0.1, 0.15) is 5.56 Å². The van der Waals surface area contributed by atoms with Crippen LogP contribution in [0.1, 0.15) is 21.5 Å². The van der Waals surface area contributed by atoms with E-state index < -0.39 is 10.8 Å². The standard InChI is InChI=1S/C15H13BrN2O3/c1-9-6-7-11(8-13(9)16)17-15(19)12-5-3-4-10(2)14(12)18(20)21/h3-8H,1-2H3,(H,17,19). The fourth-order valence-electron chi connectivity index (χ4n) is 1.95. The molecule has 6 heteroatoms. The molecule has 108 valence electrons. The van der Waals surface area contributed by atoms with Gasteiger partial charge in [-0.1, -0.05) is 34.1 Å². The average molecular weight is 349 g/mol. The van der Waals surface area contributed by atoms with Crippen LogP contribution in [0.4, 0.5) is 11.4 Å². The minimum absolute atomic E-state index is 0.0525. The molecule has 0 heterocycles. The van der Waals surface area contributed by atoms with E-state index in [4.69, 9.17) is 0 Å². The molecule has 0 atom stereocenters. The highest BCUT2D eigenvalue weighted by Gasteiger charge is 2.22. The van der Waals surface area contributed by atoms with Crippen molar-refractivity contribution in [3.63, 3.8) is 0 Å². The lowest BCUT2D eigenvalue weighted by molar-refractivity contribution is -0.385. The van der Waals surface area contributed by atoms with Crippen LogP contribution in [-0.2, 0) is 0 Å². The predicted octanol–water partition coefficient (Wildman–Crippen LogP) is 4.23. The first-order valence-corrected chi connectivity index (χ1v) is 7.01. The number of carbonyl (C=O) groups excluding carboxylic acids is 1. The van der Waals surface area contributed by atoms with Gasteiger partial charge in [-0.05, 0) is 37.6 Å². The quantitative estimate of drug-likeness (QED) is 0.666. The topological polar surface area (TPSA) is 72.2 Å². The zero-order chi connectivity index (χ0) is 15.6. The highest BCUT2D eigenvalue weighted by molar-refractivity contribution is 9.10. The molecule has 2 aromatic carbocycles. The molecule has 5 nitrogen and oxygen atoms in total. The van der Waals surface area contributed by atoms with Gasteiger partial charge in [0.25, 0.3) is 11.6 Å². The third-order valence-electron chi connectivity index (χ3n) is 3.09. The van der Waals surface area contributed by atoms with Crippen LogP contribution in [0.15, 0.2) is 40.9 Å². The summed E-state index contributed by atoms with van der Waals surface area (Å²) in [5.41, 5.74) is 1.96. The molecule has 21 heavy (non-hydrogen) atoms. The Morgan fingerprint density at radius 2 is 1.90 bits per heavy atom. The number of halogens is 1. The van der Waals surface area contributed by atoms with Gasteiger partial charge < -0.3 is 5.32 Å². The highest BCUT2D eigenvalue weighted by atomic mass is 79.9. The Morgan fingerprint density at radius 1 is 1.19 bits per heavy atom. The van der Waals surface area contributed by atoms with E-state index >= 15 is 0 Å². The summed E-state index contributed by atoms with van der Waals surface area (Å²) >= 11 is 3.38. The molecular weight excluding hydrogens is 336 g/mol. The highest BCUT2D eigenvalue weighted by Crippen LogP contribution is 2.25. The van der Waals surface area contributed by atoms with Crippen molar-refractivity contribution in [3.8, 4) is 0 Å². The lowest BCUT2D eigenvalue weighted by Crippen LogP contribution is -2.14. The first-order valence-electron chi connectivity index (χ1n) is 6.21. The van der Waals surface area contributed by atoms with Gasteiger partial charge in [0.05, 0.1) is 4.92 Å². The minimum atomic E-state index is -0.532. The summed E-state index contributed by atoms with van der Waals surface area (Å²) in [7, 11) is 0. The van der Waals surface area contributed by atoms with Gasteiger partial charge in [-0.2, -0.15) is 0 Å². The second-order valence-electron chi connectivity index (χ2n) is 4.65. The Balaban J connectivity index is 2.35. The number of nitro groups is 1. The SMILES string of the molecule is Cc1ccc(NC(=O)c2cccc(C)c2[N+](=O)[O-])cc1Br. The van der Waals surface area contributed by atoms with Gasteiger partial charge in [-0.15, -0.1) is 0 Å². The molecule has 1 amide bonds. The zero-order valence-corrected chi connectivity index (χ0v) is 13.1. The summed E-state index contributed by atoms with van der Waals surface area (Å²) in [5.74, 6) is -0.499. The maximum atomic E-state index is 12.3. The van der Waals surface area contributed by atoms with Crippen LogP contribution >= 0.6 is 15.9 Å². The molecule has 2 rings (SSSR count). The Kier molecular flexibility index (Phi) is 4.37. The number of benzene rings is 2. The Bertz CT molecular complexity index is 729. The summed E-state index contributed by atoms with van der Waals surface area (Å²) in [4.78, 5) is 22.8. The zero-order valence-electron chi connectivity index (χ0n) is 11.5. The molecule has 0 aromatic heterocycles. The number of carbonyl (C=O) groups is 1. The number of nitro benzene ring substituents is 1. The molecule has 0 aliphatic carbocycles. The van der Waals surface area contributed by atoms with Crippen LogP contribution in [0.3, 0.4) is 0 Å². The third kappa shape index (κ3) is 3.28. The van der Waals surface area contributed by atoms with Crippen molar-refractivity contribution in [2.45, 2.75) is 13.8 Å². The van der Waals surface area contributed by atoms with Gasteiger partial charge in [-0.3, -0.25) is 14.9 Å². The minimum Gasteiger partial charge on any atom is -0.322 e. The molecule has 0 radical (unpaired) electrons. The molecule has 0 spiro atoms. The molecule has 0 fully saturated rings. The van der Waals surface area contributed by atoms with E-state index in [2.05, 4.69) is 21.2 Å². The molecule has 0 aliphatic heterocycles. The summed E-state index contributed by atoms with van der Waals surface area (Å²) in [6.07, 6.45) is 0. The second kappa shape index (κ2) is 6.05. The summed E-state index contributed by atoms with van der Waals surface area (Å²) in [6, 6.07) is 10.0. The van der Waals surface area contributed by atoms with E-state index in [-0.39, 0.29) is 11.3 Å². The lowest BCUT2D eigenvalue weighted by atomic mass is 10.1. The molecule has 0 saturated heterocycles. The molecule has 0 aliphatic rings.